The quantitative estimate of drug-likeness (QED) is 0.609. The van der Waals surface area contributed by atoms with E-state index in [0.29, 0.717) is 17.0 Å². The Labute approximate surface area is 166 Å². The van der Waals surface area contributed by atoms with Gasteiger partial charge in [0.1, 0.15) is 0 Å². The Hall–Kier alpha value is -2.64. The van der Waals surface area contributed by atoms with Crippen molar-refractivity contribution in [3.05, 3.63) is 76.7 Å². The lowest BCUT2D eigenvalue weighted by molar-refractivity contribution is -0.116. The van der Waals surface area contributed by atoms with E-state index in [-0.39, 0.29) is 18.4 Å². The smallest absolute Gasteiger partial charge is 0.255 e. The minimum absolute atomic E-state index is 0.0151. The zero-order valence-electron chi connectivity index (χ0n) is 14.8. The second kappa shape index (κ2) is 9.34. The average molecular weight is 398 g/mol. The number of likely N-dealkylation sites (N-methyl/N-ethyl adjacent to an activating group) is 1. The van der Waals surface area contributed by atoms with Gasteiger partial charge in [-0.2, -0.15) is 0 Å². The summed E-state index contributed by atoms with van der Waals surface area (Å²) >= 11 is 3.12. The molecule has 0 aliphatic carbocycles. The van der Waals surface area contributed by atoms with Crippen molar-refractivity contribution in [3.8, 4) is 0 Å². The second-order valence-electron chi connectivity index (χ2n) is 5.84. The Morgan fingerprint density at radius 1 is 1.11 bits per heavy atom. The van der Waals surface area contributed by atoms with Crippen LogP contribution in [0.25, 0.3) is 0 Å². The number of nitrogens with zero attached hydrogens (tertiary/aromatic N) is 2. The minimum atomic E-state index is -0.232. The largest absolute Gasteiger partial charge is 0.332 e. The highest BCUT2D eigenvalue weighted by Crippen LogP contribution is 2.27. The number of para-hydroxylation sites is 1. The summed E-state index contributed by atoms with van der Waals surface area (Å²) in [5.74, 6) is 0.288. The van der Waals surface area contributed by atoms with Crippen molar-refractivity contribution in [1.82, 2.24) is 9.88 Å². The fraction of sp³-hybridized carbons (Fsp3) is 0.150. The molecule has 1 N–H and O–H groups in total. The van der Waals surface area contributed by atoms with Gasteiger partial charge in [-0.15, -0.1) is 23.1 Å². The molecule has 0 saturated heterocycles. The lowest BCUT2D eigenvalue weighted by Gasteiger charge is -2.18. The number of hydrogen-bond donors (Lipinski definition) is 1. The van der Waals surface area contributed by atoms with E-state index in [1.54, 1.807) is 41.7 Å². The first-order chi connectivity index (χ1) is 13.1. The Morgan fingerprint density at radius 3 is 2.59 bits per heavy atom. The summed E-state index contributed by atoms with van der Waals surface area (Å²) in [5.41, 5.74) is 4.09. The summed E-state index contributed by atoms with van der Waals surface area (Å²) in [6.45, 7) is -0.0151. The number of hydrogen-bond acceptors (Lipinski definition) is 5. The number of amides is 2. The third kappa shape index (κ3) is 5.42. The van der Waals surface area contributed by atoms with Gasteiger partial charge in [-0.25, -0.2) is 4.98 Å². The summed E-state index contributed by atoms with van der Waals surface area (Å²) in [6, 6.07) is 16.6. The molecule has 0 spiro atoms. The monoisotopic (exact) mass is 397 g/mol. The van der Waals surface area contributed by atoms with Crippen molar-refractivity contribution in [3.63, 3.8) is 0 Å². The third-order valence-corrected chi connectivity index (χ3v) is 5.50. The van der Waals surface area contributed by atoms with Gasteiger partial charge in [0.25, 0.3) is 5.91 Å². The summed E-state index contributed by atoms with van der Waals surface area (Å²) in [4.78, 5) is 31.6. The molecule has 0 aliphatic rings. The Kier molecular flexibility index (Phi) is 6.62. The van der Waals surface area contributed by atoms with Gasteiger partial charge in [0.2, 0.25) is 5.91 Å². The molecule has 138 valence electrons. The van der Waals surface area contributed by atoms with Gasteiger partial charge in [-0.05, 0) is 24.3 Å². The van der Waals surface area contributed by atoms with Crippen molar-refractivity contribution >= 4 is 40.6 Å². The number of rotatable bonds is 7. The van der Waals surface area contributed by atoms with E-state index in [1.165, 1.54) is 4.90 Å². The number of thioether (sulfide) groups is 1. The van der Waals surface area contributed by atoms with Crippen LogP contribution in [0.3, 0.4) is 0 Å². The molecule has 3 aromatic rings. The van der Waals surface area contributed by atoms with E-state index in [9.17, 15) is 9.59 Å². The maximum atomic E-state index is 12.8. The SMILES string of the molecule is CN(CC(=O)Nc1ccccc1)C(=O)c1ccccc1SCc1cscn1. The summed E-state index contributed by atoms with van der Waals surface area (Å²) in [6.07, 6.45) is 0. The van der Waals surface area contributed by atoms with Crippen LogP contribution in [-0.2, 0) is 10.5 Å². The lowest BCUT2D eigenvalue weighted by atomic mass is 10.2. The average Bonchev–Trinajstić information content (AvgIpc) is 3.20. The van der Waals surface area contributed by atoms with E-state index in [1.807, 2.05) is 53.9 Å². The van der Waals surface area contributed by atoms with E-state index < -0.39 is 0 Å². The van der Waals surface area contributed by atoms with Gasteiger partial charge >= 0.3 is 0 Å². The Morgan fingerprint density at radius 2 is 1.85 bits per heavy atom. The number of nitrogens with one attached hydrogen (secondary N) is 1. The highest BCUT2D eigenvalue weighted by Gasteiger charge is 2.18. The molecule has 0 fully saturated rings. The van der Waals surface area contributed by atoms with E-state index in [2.05, 4.69) is 10.3 Å². The zero-order chi connectivity index (χ0) is 19.1. The molecule has 0 saturated carbocycles. The Bertz CT molecular complexity index is 899. The predicted octanol–water partition coefficient (Wildman–Crippen LogP) is 4.15. The van der Waals surface area contributed by atoms with Crippen molar-refractivity contribution in [1.29, 1.82) is 0 Å². The molecule has 0 bridgehead atoms. The van der Waals surface area contributed by atoms with Crippen molar-refractivity contribution in [2.24, 2.45) is 0 Å². The van der Waals surface area contributed by atoms with Gasteiger partial charge in [0.05, 0.1) is 23.3 Å². The van der Waals surface area contributed by atoms with E-state index in [4.69, 9.17) is 0 Å². The van der Waals surface area contributed by atoms with Crippen LogP contribution >= 0.6 is 23.1 Å². The molecule has 7 heteroatoms. The van der Waals surface area contributed by atoms with Gasteiger partial charge in [0.15, 0.2) is 0 Å². The molecule has 0 radical (unpaired) electrons. The molecule has 2 amide bonds. The van der Waals surface area contributed by atoms with Crippen LogP contribution < -0.4 is 5.32 Å². The second-order valence-corrected chi connectivity index (χ2v) is 7.58. The number of thiazole rings is 1. The van der Waals surface area contributed by atoms with Crippen LogP contribution in [0.1, 0.15) is 16.1 Å². The highest BCUT2D eigenvalue weighted by molar-refractivity contribution is 7.98. The highest BCUT2D eigenvalue weighted by atomic mass is 32.2. The van der Waals surface area contributed by atoms with Gasteiger partial charge in [-0.1, -0.05) is 30.3 Å². The molecule has 2 aromatic carbocycles. The summed E-state index contributed by atoms with van der Waals surface area (Å²) < 4.78 is 0. The number of carbonyl (C=O) groups excluding carboxylic acids is 2. The van der Waals surface area contributed by atoms with Crippen LogP contribution in [0.15, 0.2) is 70.4 Å². The molecule has 5 nitrogen and oxygen atoms in total. The van der Waals surface area contributed by atoms with Crippen LogP contribution in [0.4, 0.5) is 5.69 Å². The van der Waals surface area contributed by atoms with Crippen LogP contribution in [0, 0.1) is 0 Å². The summed E-state index contributed by atoms with van der Waals surface area (Å²) in [5, 5.41) is 4.79. The molecule has 1 aromatic heterocycles. The fourth-order valence-electron chi connectivity index (χ4n) is 2.44. The molecular weight excluding hydrogens is 378 g/mol. The van der Waals surface area contributed by atoms with Crippen LogP contribution in [-0.4, -0.2) is 35.3 Å². The molecule has 3 rings (SSSR count). The first-order valence-electron chi connectivity index (χ1n) is 8.33. The van der Waals surface area contributed by atoms with E-state index in [0.717, 1.165) is 10.6 Å². The van der Waals surface area contributed by atoms with Gasteiger partial charge < -0.3 is 10.2 Å². The predicted molar refractivity (Wildman–Crippen MR) is 110 cm³/mol. The maximum absolute atomic E-state index is 12.8. The van der Waals surface area contributed by atoms with Gasteiger partial charge in [0, 0.05) is 28.8 Å². The molecule has 0 aliphatic heterocycles. The molecule has 0 unspecified atom stereocenters. The van der Waals surface area contributed by atoms with E-state index >= 15 is 0 Å². The maximum Gasteiger partial charge on any atom is 0.255 e. The number of carbonyl (C=O) groups is 2. The fourth-order valence-corrected chi connectivity index (χ4v) is 4.06. The first kappa shape index (κ1) is 19.1. The lowest BCUT2D eigenvalue weighted by Crippen LogP contribution is -2.35. The first-order valence-corrected chi connectivity index (χ1v) is 10.3. The summed E-state index contributed by atoms with van der Waals surface area (Å²) in [7, 11) is 1.63. The molecular formula is C20H19N3O2S2. The number of aromatic nitrogens is 1. The Balaban J connectivity index is 1.63. The van der Waals surface area contributed by atoms with Crippen LogP contribution in [0.2, 0.25) is 0 Å². The van der Waals surface area contributed by atoms with Crippen molar-refractivity contribution < 1.29 is 9.59 Å². The normalized spacial score (nSPS) is 10.4. The topological polar surface area (TPSA) is 62.3 Å². The number of benzene rings is 2. The minimum Gasteiger partial charge on any atom is -0.332 e. The van der Waals surface area contributed by atoms with Crippen molar-refractivity contribution in [2.75, 3.05) is 18.9 Å². The van der Waals surface area contributed by atoms with Gasteiger partial charge in [-0.3, -0.25) is 9.59 Å². The molecule has 27 heavy (non-hydrogen) atoms. The molecule has 0 atom stereocenters. The number of anilines is 1. The zero-order valence-corrected chi connectivity index (χ0v) is 16.4. The standard InChI is InChI=1S/C20H19N3O2S2/c1-23(11-19(24)22-15-7-3-2-4-8-15)20(25)17-9-5-6-10-18(17)27-13-16-12-26-14-21-16/h2-10,12,14H,11,13H2,1H3,(H,22,24). The van der Waals surface area contributed by atoms with Crippen LogP contribution in [0.5, 0.6) is 0 Å². The third-order valence-electron chi connectivity index (χ3n) is 3.76. The van der Waals surface area contributed by atoms with Crippen molar-refractivity contribution in [2.45, 2.75) is 10.6 Å². The molecule has 1 heterocycles.